The van der Waals surface area contributed by atoms with E-state index in [9.17, 15) is 31.2 Å². The molecule has 1 atom stereocenters. The average Bonchev–Trinajstić information content (AvgIpc) is 3.44. The average molecular weight is 673 g/mol. The Labute approximate surface area is 268 Å². The number of sulfonamides is 1. The first-order valence-electron chi connectivity index (χ1n) is 14.0. The van der Waals surface area contributed by atoms with Crippen LogP contribution in [0.3, 0.4) is 0 Å². The zero-order valence-corrected chi connectivity index (χ0v) is 26.0. The zero-order valence-electron chi connectivity index (χ0n) is 24.4. The van der Waals surface area contributed by atoms with Crippen molar-refractivity contribution in [2.24, 2.45) is 0 Å². The van der Waals surface area contributed by atoms with E-state index in [4.69, 9.17) is 16.3 Å². The number of ether oxygens (including phenoxy) is 2. The molecule has 1 aliphatic heterocycles. The summed E-state index contributed by atoms with van der Waals surface area (Å²) in [7, 11) is -2.97. The van der Waals surface area contributed by atoms with E-state index in [-0.39, 0.29) is 47.4 Å². The van der Waals surface area contributed by atoms with Crippen LogP contribution in [0.1, 0.15) is 16.7 Å². The molecular formula is C33H28ClF3N2O6S. The maximum Gasteiger partial charge on any atom is 0.416 e. The van der Waals surface area contributed by atoms with Crippen molar-refractivity contribution in [3.8, 4) is 16.9 Å². The molecular weight excluding hydrogens is 645 g/mol. The smallest absolute Gasteiger partial charge is 0.416 e. The van der Waals surface area contributed by atoms with E-state index in [0.717, 1.165) is 28.1 Å². The van der Waals surface area contributed by atoms with Crippen LogP contribution in [-0.2, 0) is 43.4 Å². The summed E-state index contributed by atoms with van der Waals surface area (Å²) in [4.78, 5) is 24.6. The molecule has 5 rings (SSSR count). The Bertz CT molecular complexity index is 1850. The first kappa shape index (κ1) is 32.8. The Balaban J connectivity index is 1.30. The second-order valence-electron chi connectivity index (χ2n) is 10.4. The summed E-state index contributed by atoms with van der Waals surface area (Å²) in [5, 5.41) is 2.82. The minimum atomic E-state index is -4.58. The molecule has 1 N–H and O–H groups in total. The van der Waals surface area contributed by atoms with Crippen molar-refractivity contribution < 1.29 is 40.7 Å². The summed E-state index contributed by atoms with van der Waals surface area (Å²) in [6, 6.07) is 20.8. The predicted octanol–water partition coefficient (Wildman–Crippen LogP) is 6.06. The molecule has 0 bridgehead atoms. The Morgan fingerprint density at radius 3 is 2.35 bits per heavy atom. The second kappa shape index (κ2) is 13.4. The van der Waals surface area contributed by atoms with Crippen molar-refractivity contribution in [1.82, 2.24) is 5.32 Å². The fourth-order valence-electron chi connectivity index (χ4n) is 5.10. The minimum Gasteiger partial charge on any atom is -0.492 e. The number of hydrogen-bond donors (Lipinski definition) is 1. The largest absolute Gasteiger partial charge is 0.492 e. The number of rotatable bonds is 10. The van der Waals surface area contributed by atoms with Gasteiger partial charge in [0.15, 0.2) is 0 Å². The van der Waals surface area contributed by atoms with Crippen LogP contribution < -0.4 is 14.4 Å². The minimum absolute atomic E-state index is 0.0772. The van der Waals surface area contributed by atoms with Crippen LogP contribution in [0.2, 0.25) is 5.02 Å². The predicted molar refractivity (Wildman–Crippen MR) is 166 cm³/mol. The molecule has 1 amide bonds. The van der Waals surface area contributed by atoms with Gasteiger partial charge in [-0.2, -0.15) is 13.2 Å². The van der Waals surface area contributed by atoms with Gasteiger partial charge in [0, 0.05) is 17.0 Å². The molecule has 0 saturated carbocycles. The third-order valence-corrected chi connectivity index (χ3v) is 9.58. The van der Waals surface area contributed by atoms with Gasteiger partial charge in [0.1, 0.15) is 18.4 Å². The number of fused-ring (bicyclic) bond motifs is 1. The molecule has 0 aromatic heterocycles. The highest BCUT2D eigenvalue weighted by Gasteiger charge is 2.42. The standard InChI is InChI=1S/C33H28ClF3N2O6S/c1-44-31(40)18-21-6-11-25(12-7-21)45-17-16-38-32(41)30-19-23-4-2-3-5-29(23)39(30)46(42,43)26-13-8-22(9-14-26)27-20-24(33(35,36)37)10-15-28(27)34/h2-15,20,30H,16-19H2,1H3,(H,38,41). The molecule has 0 aliphatic carbocycles. The summed E-state index contributed by atoms with van der Waals surface area (Å²) < 4.78 is 79.2. The summed E-state index contributed by atoms with van der Waals surface area (Å²) >= 11 is 6.18. The summed E-state index contributed by atoms with van der Waals surface area (Å²) in [6.45, 7) is 0.198. The SMILES string of the molecule is COC(=O)Cc1ccc(OCCNC(=O)C2Cc3ccccc3N2S(=O)(=O)c2ccc(-c3cc(C(F)(F)F)ccc3Cl)cc2)cc1. The number of nitrogens with one attached hydrogen (secondary N) is 1. The summed E-state index contributed by atoms with van der Waals surface area (Å²) in [6.07, 6.45) is -4.31. The highest BCUT2D eigenvalue weighted by Crippen LogP contribution is 2.39. The molecule has 0 spiro atoms. The molecule has 240 valence electrons. The Morgan fingerprint density at radius 1 is 0.978 bits per heavy atom. The van der Waals surface area contributed by atoms with Crippen LogP contribution in [0.25, 0.3) is 11.1 Å². The van der Waals surface area contributed by atoms with Gasteiger partial charge in [-0.25, -0.2) is 8.42 Å². The van der Waals surface area contributed by atoms with Crippen LogP contribution in [0, 0.1) is 0 Å². The summed E-state index contributed by atoms with van der Waals surface area (Å²) in [5.41, 5.74) is 1.29. The lowest BCUT2D eigenvalue weighted by atomic mass is 10.0. The Kier molecular flexibility index (Phi) is 9.59. The molecule has 0 radical (unpaired) electrons. The van der Waals surface area contributed by atoms with Gasteiger partial charge in [-0.3, -0.25) is 13.9 Å². The molecule has 4 aromatic carbocycles. The van der Waals surface area contributed by atoms with E-state index in [2.05, 4.69) is 10.1 Å². The molecule has 1 aliphatic rings. The molecule has 1 unspecified atom stereocenters. The highest BCUT2D eigenvalue weighted by molar-refractivity contribution is 7.93. The molecule has 0 fully saturated rings. The first-order chi connectivity index (χ1) is 21.9. The number of esters is 1. The molecule has 1 heterocycles. The second-order valence-corrected chi connectivity index (χ2v) is 12.6. The fraction of sp³-hybridized carbons (Fsp3) is 0.212. The molecule has 0 saturated heterocycles. The van der Waals surface area contributed by atoms with Gasteiger partial charge in [0.05, 0.1) is 36.2 Å². The number of hydrogen-bond acceptors (Lipinski definition) is 6. The molecule has 8 nitrogen and oxygen atoms in total. The quantitative estimate of drug-likeness (QED) is 0.163. The van der Waals surface area contributed by atoms with Crippen LogP contribution in [0.4, 0.5) is 18.9 Å². The van der Waals surface area contributed by atoms with Crippen LogP contribution in [0.15, 0.2) is 95.9 Å². The highest BCUT2D eigenvalue weighted by atomic mass is 35.5. The zero-order chi connectivity index (χ0) is 33.1. The van der Waals surface area contributed by atoms with Crippen molar-refractivity contribution in [2.75, 3.05) is 24.6 Å². The van der Waals surface area contributed by atoms with Gasteiger partial charge < -0.3 is 14.8 Å². The van der Waals surface area contributed by atoms with Gasteiger partial charge in [-0.1, -0.05) is 54.1 Å². The number of para-hydroxylation sites is 1. The van der Waals surface area contributed by atoms with Gasteiger partial charge >= 0.3 is 12.1 Å². The molecule has 4 aromatic rings. The first-order valence-corrected chi connectivity index (χ1v) is 15.9. The maximum atomic E-state index is 14.0. The van der Waals surface area contributed by atoms with Crippen molar-refractivity contribution in [3.63, 3.8) is 0 Å². The Hall–Kier alpha value is -4.55. The van der Waals surface area contributed by atoms with Gasteiger partial charge in [-0.05, 0) is 65.2 Å². The maximum absolute atomic E-state index is 14.0. The lowest BCUT2D eigenvalue weighted by Gasteiger charge is -2.26. The number of benzene rings is 4. The van der Waals surface area contributed by atoms with E-state index in [1.165, 1.54) is 31.4 Å². The van der Waals surface area contributed by atoms with Crippen molar-refractivity contribution in [1.29, 1.82) is 0 Å². The van der Waals surface area contributed by atoms with Crippen molar-refractivity contribution in [3.05, 3.63) is 113 Å². The number of halogens is 4. The number of alkyl halides is 3. The number of amides is 1. The number of nitrogens with zero attached hydrogens (tertiary/aromatic N) is 1. The number of anilines is 1. The van der Waals surface area contributed by atoms with Gasteiger partial charge in [0.2, 0.25) is 5.91 Å². The number of methoxy groups -OCH3 is 1. The molecule has 13 heteroatoms. The number of carbonyl (C=O) groups excluding carboxylic acids is 2. The van der Waals surface area contributed by atoms with Crippen LogP contribution in [0.5, 0.6) is 5.75 Å². The van der Waals surface area contributed by atoms with Crippen LogP contribution >= 0.6 is 11.6 Å². The van der Waals surface area contributed by atoms with Crippen LogP contribution in [-0.4, -0.2) is 46.6 Å². The van der Waals surface area contributed by atoms with Gasteiger partial charge in [0.25, 0.3) is 10.0 Å². The lowest BCUT2D eigenvalue weighted by Crippen LogP contribution is -2.48. The van der Waals surface area contributed by atoms with E-state index in [0.29, 0.717) is 22.6 Å². The number of carbonyl (C=O) groups is 2. The van der Waals surface area contributed by atoms with E-state index < -0.39 is 33.7 Å². The third-order valence-electron chi connectivity index (χ3n) is 7.41. The third kappa shape index (κ3) is 7.13. The lowest BCUT2D eigenvalue weighted by molar-refractivity contribution is -0.140. The fourth-order valence-corrected chi connectivity index (χ4v) is 6.98. The molecule has 46 heavy (non-hydrogen) atoms. The topological polar surface area (TPSA) is 102 Å². The summed E-state index contributed by atoms with van der Waals surface area (Å²) in [5.74, 6) is -0.363. The van der Waals surface area contributed by atoms with E-state index in [1.54, 1.807) is 48.5 Å². The van der Waals surface area contributed by atoms with Crippen molar-refractivity contribution in [2.45, 2.75) is 30.0 Å². The Morgan fingerprint density at radius 2 is 1.67 bits per heavy atom. The van der Waals surface area contributed by atoms with E-state index in [1.807, 2.05) is 0 Å². The normalized spacial score (nSPS) is 14.5. The van der Waals surface area contributed by atoms with Crippen molar-refractivity contribution >= 4 is 39.2 Å². The van der Waals surface area contributed by atoms with Gasteiger partial charge in [-0.15, -0.1) is 0 Å². The monoisotopic (exact) mass is 672 g/mol. The van der Waals surface area contributed by atoms with E-state index >= 15 is 0 Å².